The molecule has 1 aromatic carbocycles. The van der Waals surface area contributed by atoms with Gasteiger partial charge in [0.2, 0.25) is 0 Å². The van der Waals surface area contributed by atoms with E-state index in [1.165, 1.54) is 6.08 Å². The fourth-order valence-electron chi connectivity index (χ4n) is 3.16. The molecule has 30 heavy (non-hydrogen) atoms. The van der Waals surface area contributed by atoms with Crippen molar-refractivity contribution in [2.24, 2.45) is 0 Å². The summed E-state index contributed by atoms with van der Waals surface area (Å²) in [6, 6.07) is 7.10. The molecule has 0 fully saturated rings. The van der Waals surface area contributed by atoms with Gasteiger partial charge in [-0.05, 0) is 43.7 Å². The molecule has 0 aliphatic carbocycles. The maximum absolute atomic E-state index is 11.8. The lowest BCUT2D eigenvalue weighted by Gasteiger charge is -2.16. The number of cyclic esters (lactones) is 1. The lowest BCUT2D eigenvalue weighted by Crippen LogP contribution is -2.12. The number of ether oxygens (including phenoxy) is 1. The second-order valence-corrected chi connectivity index (χ2v) is 7.52. The van der Waals surface area contributed by atoms with E-state index in [1.807, 2.05) is 19.1 Å². The number of allylic oxidation sites excluding steroid dienone is 5. The van der Waals surface area contributed by atoms with Crippen molar-refractivity contribution >= 4 is 5.97 Å². The van der Waals surface area contributed by atoms with E-state index < -0.39 is 18.3 Å². The highest BCUT2D eigenvalue weighted by Gasteiger charge is 2.14. The van der Waals surface area contributed by atoms with Gasteiger partial charge < -0.3 is 20.1 Å². The summed E-state index contributed by atoms with van der Waals surface area (Å²) in [5.41, 5.74) is 1.33. The fourth-order valence-corrected chi connectivity index (χ4v) is 3.16. The summed E-state index contributed by atoms with van der Waals surface area (Å²) in [5.74, 6) is -0.385. The van der Waals surface area contributed by atoms with Crippen molar-refractivity contribution in [2.75, 3.05) is 0 Å². The Labute approximate surface area is 178 Å². The molecule has 1 heterocycles. The van der Waals surface area contributed by atoms with E-state index in [9.17, 15) is 20.1 Å². The first kappa shape index (κ1) is 23.8. The van der Waals surface area contributed by atoms with Crippen LogP contribution in [-0.2, 0) is 9.53 Å². The van der Waals surface area contributed by atoms with Gasteiger partial charge in [-0.1, -0.05) is 66.8 Å². The number of aliphatic hydroxyl groups is 3. The van der Waals surface area contributed by atoms with Gasteiger partial charge in [0.1, 0.15) is 0 Å². The Bertz CT molecular complexity index is 777. The van der Waals surface area contributed by atoms with E-state index >= 15 is 0 Å². The number of aliphatic hydroxyl groups excluding tert-OH is 3. The van der Waals surface area contributed by atoms with Crippen LogP contribution in [0.3, 0.4) is 0 Å². The second kappa shape index (κ2) is 13.0. The van der Waals surface area contributed by atoms with Crippen LogP contribution in [0.25, 0.3) is 0 Å². The molecule has 5 heteroatoms. The topological polar surface area (TPSA) is 87.0 Å². The average molecular weight is 413 g/mol. The van der Waals surface area contributed by atoms with Gasteiger partial charge in [-0.2, -0.15) is 0 Å². The third-order valence-electron chi connectivity index (χ3n) is 4.86. The molecule has 162 valence electrons. The second-order valence-electron chi connectivity index (χ2n) is 7.52. The summed E-state index contributed by atoms with van der Waals surface area (Å²) in [7, 11) is 0. The zero-order valence-electron chi connectivity index (χ0n) is 17.4. The van der Waals surface area contributed by atoms with E-state index in [1.54, 1.807) is 54.6 Å². The highest BCUT2D eigenvalue weighted by Crippen LogP contribution is 2.24. The first-order chi connectivity index (χ1) is 14.5. The SMILES string of the molecule is C[C@@H]1CCC/C=C/C=C/[C@H](O)C[C@@H](O)c2cccc(c2)[C@@H](O)C/C=C/C=C\C(=O)O1. The number of carbonyl (C=O) groups excluding carboxylic acids is 1. The molecular weight excluding hydrogens is 380 g/mol. The van der Waals surface area contributed by atoms with Crippen molar-refractivity contribution in [2.45, 2.75) is 63.4 Å². The zero-order valence-corrected chi connectivity index (χ0v) is 17.4. The van der Waals surface area contributed by atoms with Crippen LogP contribution in [0.4, 0.5) is 0 Å². The molecule has 0 amide bonds. The van der Waals surface area contributed by atoms with Gasteiger partial charge >= 0.3 is 5.97 Å². The number of hydrogen-bond acceptors (Lipinski definition) is 5. The first-order valence-corrected chi connectivity index (χ1v) is 10.5. The maximum atomic E-state index is 11.8. The summed E-state index contributed by atoms with van der Waals surface area (Å²) >= 11 is 0. The minimum Gasteiger partial charge on any atom is -0.460 e. The van der Waals surface area contributed by atoms with E-state index in [4.69, 9.17) is 4.74 Å². The molecule has 0 radical (unpaired) electrons. The summed E-state index contributed by atoms with van der Waals surface area (Å²) in [6.45, 7) is 1.87. The minimum atomic E-state index is -0.829. The highest BCUT2D eigenvalue weighted by molar-refractivity contribution is 5.82. The summed E-state index contributed by atoms with van der Waals surface area (Å²) < 4.78 is 5.33. The Morgan fingerprint density at radius 1 is 0.967 bits per heavy atom. The van der Waals surface area contributed by atoms with Crippen LogP contribution in [-0.4, -0.2) is 33.5 Å². The van der Waals surface area contributed by atoms with E-state index in [-0.39, 0.29) is 18.5 Å². The van der Waals surface area contributed by atoms with Crippen LogP contribution in [0.15, 0.2) is 72.9 Å². The lowest BCUT2D eigenvalue weighted by atomic mass is 9.98. The Hall–Kier alpha value is -2.47. The molecule has 4 atom stereocenters. The van der Waals surface area contributed by atoms with E-state index in [2.05, 4.69) is 0 Å². The van der Waals surface area contributed by atoms with Crippen LogP contribution in [0.1, 0.15) is 62.4 Å². The number of esters is 1. The molecular formula is C25H32O5. The maximum Gasteiger partial charge on any atom is 0.331 e. The predicted molar refractivity (Wildman–Crippen MR) is 118 cm³/mol. The van der Waals surface area contributed by atoms with Crippen molar-refractivity contribution in [1.29, 1.82) is 0 Å². The Kier molecular flexibility index (Phi) is 10.3. The summed E-state index contributed by atoms with van der Waals surface area (Å²) in [4.78, 5) is 11.8. The van der Waals surface area contributed by atoms with Gasteiger partial charge in [0.15, 0.2) is 0 Å². The molecule has 0 saturated carbocycles. The van der Waals surface area contributed by atoms with Crippen molar-refractivity contribution in [3.63, 3.8) is 0 Å². The molecule has 5 nitrogen and oxygen atoms in total. The molecule has 0 unspecified atom stereocenters. The van der Waals surface area contributed by atoms with Crippen LogP contribution in [0.5, 0.6) is 0 Å². The lowest BCUT2D eigenvalue weighted by molar-refractivity contribution is -0.142. The molecule has 1 aromatic rings. The smallest absolute Gasteiger partial charge is 0.331 e. The minimum absolute atomic E-state index is 0.162. The normalized spacial score (nSPS) is 31.4. The molecule has 2 bridgehead atoms. The monoisotopic (exact) mass is 412 g/mol. The zero-order chi connectivity index (χ0) is 21.8. The molecule has 0 aromatic heterocycles. The molecule has 0 spiro atoms. The molecule has 1 aliphatic rings. The predicted octanol–water partition coefficient (Wildman–Crippen LogP) is 4.23. The van der Waals surface area contributed by atoms with Crippen molar-refractivity contribution < 1.29 is 24.9 Å². The highest BCUT2D eigenvalue weighted by atomic mass is 16.5. The molecule has 1 aliphatic heterocycles. The van der Waals surface area contributed by atoms with Gasteiger partial charge in [0.05, 0.1) is 24.4 Å². The van der Waals surface area contributed by atoms with Gasteiger partial charge in [-0.15, -0.1) is 0 Å². The Balaban J connectivity index is 2.12. The van der Waals surface area contributed by atoms with Crippen LogP contribution in [0.2, 0.25) is 0 Å². The third kappa shape index (κ3) is 8.91. The molecule has 3 N–H and O–H groups in total. The van der Waals surface area contributed by atoms with Gasteiger partial charge in [-0.3, -0.25) is 0 Å². The Morgan fingerprint density at radius 3 is 2.50 bits per heavy atom. The summed E-state index contributed by atoms with van der Waals surface area (Å²) in [6.07, 6.45) is 14.3. The number of hydrogen-bond donors (Lipinski definition) is 3. The third-order valence-corrected chi connectivity index (χ3v) is 4.86. The quantitative estimate of drug-likeness (QED) is 0.555. The number of rotatable bonds is 0. The fraction of sp³-hybridized carbons (Fsp3) is 0.400. The number of fused-ring (bicyclic) bond motifs is 2. The van der Waals surface area contributed by atoms with Crippen LogP contribution < -0.4 is 0 Å². The van der Waals surface area contributed by atoms with Gasteiger partial charge in [-0.25, -0.2) is 4.79 Å². The van der Waals surface area contributed by atoms with E-state index in [0.29, 0.717) is 17.5 Å². The number of carbonyl (C=O) groups is 1. The van der Waals surface area contributed by atoms with Crippen LogP contribution in [0, 0.1) is 0 Å². The van der Waals surface area contributed by atoms with E-state index in [0.717, 1.165) is 19.3 Å². The standard InChI is InChI=1S/C25H32O5/c1-19-11-6-3-2-4-7-14-22(26)18-24(28)21-13-10-12-20(17-21)23(27)15-8-5-9-16-25(29)30-19/h2,4-5,7-10,12-14,16-17,19,22-24,26-28H,3,6,11,15,18H2,1H3/b4-2+,8-5+,14-7+,16-9-/t19-,22+,23+,24-/m1/s1. The van der Waals surface area contributed by atoms with Gasteiger partial charge in [0, 0.05) is 12.5 Å². The molecule has 0 saturated heterocycles. The van der Waals surface area contributed by atoms with Crippen molar-refractivity contribution in [3.05, 3.63) is 84.0 Å². The molecule has 2 rings (SSSR count). The Morgan fingerprint density at radius 2 is 1.70 bits per heavy atom. The number of benzene rings is 1. The summed E-state index contributed by atoms with van der Waals surface area (Å²) in [5, 5.41) is 31.0. The largest absolute Gasteiger partial charge is 0.460 e. The van der Waals surface area contributed by atoms with Crippen molar-refractivity contribution in [1.82, 2.24) is 0 Å². The first-order valence-electron chi connectivity index (χ1n) is 10.5. The van der Waals surface area contributed by atoms with Gasteiger partial charge in [0.25, 0.3) is 0 Å². The average Bonchev–Trinajstić information content (AvgIpc) is 2.72. The van der Waals surface area contributed by atoms with Crippen molar-refractivity contribution in [3.8, 4) is 0 Å². The van der Waals surface area contributed by atoms with Crippen LogP contribution >= 0.6 is 0 Å².